The van der Waals surface area contributed by atoms with Gasteiger partial charge in [0.1, 0.15) is 5.78 Å². The SMILES string of the molecule is CC(=O)C1[C@H]2CCCO[C@@H]12. The van der Waals surface area contributed by atoms with Crippen LogP contribution in [0.4, 0.5) is 0 Å². The molecule has 1 heterocycles. The van der Waals surface area contributed by atoms with E-state index in [0.717, 1.165) is 13.0 Å². The van der Waals surface area contributed by atoms with Crippen LogP contribution in [0.15, 0.2) is 0 Å². The van der Waals surface area contributed by atoms with Crippen molar-refractivity contribution in [1.29, 1.82) is 0 Å². The van der Waals surface area contributed by atoms with Crippen LogP contribution in [0, 0.1) is 11.8 Å². The minimum absolute atomic E-state index is 0.266. The number of Topliss-reactive ketones (excluding diaryl/α,β-unsaturated/α-hetero) is 1. The first-order valence-corrected chi connectivity index (χ1v) is 3.93. The molecule has 1 aliphatic heterocycles. The largest absolute Gasteiger partial charge is 0.377 e. The molecule has 0 bridgehead atoms. The molecule has 0 aromatic heterocycles. The van der Waals surface area contributed by atoms with Gasteiger partial charge in [-0.3, -0.25) is 4.79 Å². The molecule has 0 N–H and O–H groups in total. The molecule has 2 rings (SSSR count). The molecule has 10 heavy (non-hydrogen) atoms. The first-order valence-electron chi connectivity index (χ1n) is 3.93. The van der Waals surface area contributed by atoms with Crippen molar-refractivity contribution in [2.45, 2.75) is 25.9 Å². The Balaban J connectivity index is 1.99. The maximum Gasteiger partial charge on any atom is 0.135 e. The Morgan fingerprint density at radius 3 is 2.90 bits per heavy atom. The van der Waals surface area contributed by atoms with Crippen molar-refractivity contribution in [1.82, 2.24) is 0 Å². The zero-order valence-corrected chi connectivity index (χ0v) is 6.17. The Hall–Kier alpha value is -0.370. The summed E-state index contributed by atoms with van der Waals surface area (Å²) < 4.78 is 5.40. The summed E-state index contributed by atoms with van der Waals surface area (Å²) in [6, 6.07) is 0. The zero-order chi connectivity index (χ0) is 7.14. The number of carbonyl (C=O) groups is 1. The van der Waals surface area contributed by atoms with Crippen LogP contribution in [0.5, 0.6) is 0 Å². The molecule has 3 atom stereocenters. The lowest BCUT2D eigenvalue weighted by atomic mass is 10.1. The molecule has 2 heteroatoms. The molecule has 2 fully saturated rings. The highest BCUT2D eigenvalue weighted by molar-refractivity contribution is 5.82. The highest BCUT2D eigenvalue weighted by Gasteiger charge is 2.54. The Bertz CT molecular complexity index is 153. The van der Waals surface area contributed by atoms with E-state index in [2.05, 4.69) is 0 Å². The summed E-state index contributed by atoms with van der Waals surface area (Å²) in [5, 5.41) is 0. The van der Waals surface area contributed by atoms with Gasteiger partial charge in [-0.05, 0) is 25.7 Å². The molecule has 0 aromatic carbocycles. The van der Waals surface area contributed by atoms with Crippen molar-refractivity contribution in [3.8, 4) is 0 Å². The van der Waals surface area contributed by atoms with Crippen molar-refractivity contribution >= 4 is 5.78 Å². The third-order valence-corrected chi connectivity index (χ3v) is 2.56. The minimum Gasteiger partial charge on any atom is -0.377 e. The molecule has 0 radical (unpaired) electrons. The van der Waals surface area contributed by atoms with Gasteiger partial charge in [0.2, 0.25) is 0 Å². The fourth-order valence-electron chi connectivity index (χ4n) is 1.98. The number of rotatable bonds is 1. The van der Waals surface area contributed by atoms with E-state index in [-0.39, 0.29) is 5.92 Å². The highest BCUT2D eigenvalue weighted by Crippen LogP contribution is 2.48. The molecule has 56 valence electrons. The van der Waals surface area contributed by atoms with Crippen LogP contribution in [0.2, 0.25) is 0 Å². The summed E-state index contributed by atoms with van der Waals surface area (Å²) in [5.41, 5.74) is 0. The Morgan fingerprint density at radius 1 is 1.60 bits per heavy atom. The number of fused-ring (bicyclic) bond motifs is 1. The van der Waals surface area contributed by atoms with Crippen molar-refractivity contribution < 1.29 is 9.53 Å². The number of carbonyl (C=O) groups excluding carboxylic acids is 1. The summed E-state index contributed by atoms with van der Waals surface area (Å²) in [7, 11) is 0. The second-order valence-corrected chi connectivity index (χ2v) is 3.28. The van der Waals surface area contributed by atoms with Crippen LogP contribution in [-0.4, -0.2) is 18.5 Å². The number of ketones is 1. The quantitative estimate of drug-likeness (QED) is 0.543. The van der Waals surface area contributed by atoms with Crippen molar-refractivity contribution in [3.63, 3.8) is 0 Å². The Kier molecular flexibility index (Phi) is 1.31. The van der Waals surface area contributed by atoms with Crippen LogP contribution < -0.4 is 0 Å². The molecule has 1 saturated carbocycles. The average molecular weight is 140 g/mol. The summed E-state index contributed by atoms with van der Waals surface area (Å²) in [4.78, 5) is 10.9. The molecule has 2 aliphatic rings. The normalized spacial score (nSPS) is 44.3. The predicted octanol–water partition coefficient (Wildman–Crippen LogP) is 1.00. The van der Waals surface area contributed by atoms with Crippen LogP contribution in [-0.2, 0) is 9.53 Å². The molecule has 2 nitrogen and oxygen atoms in total. The smallest absolute Gasteiger partial charge is 0.135 e. The Labute approximate surface area is 60.6 Å². The van der Waals surface area contributed by atoms with Gasteiger partial charge in [-0.2, -0.15) is 0 Å². The van der Waals surface area contributed by atoms with Crippen molar-refractivity contribution in [2.75, 3.05) is 6.61 Å². The maximum atomic E-state index is 10.9. The van der Waals surface area contributed by atoms with Crippen LogP contribution in [0.1, 0.15) is 19.8 Å². The molecule has 1 aliphatic carbocycles. The van der Waals surface area contributed by atoms with E-state index in [4.69, 9.17) is 4.74 Å². The predicted molar refractivity (Wildman–Crippen MR) is 36.6 cm³/mol. The fourth-order valence-corrected chi connectivity index (χ4v) is 1.98. The summed E-state index contributed by atoms with van der Waals surface area (Å²) >= 11 is 0. The van der Waals surface area contributed by atoms with Gasteiger partial charge in [-0.1, -0.05) is 0 Å². The van der Waals surface area contributed by atoms with Gasteiger partial charge in [0.15, 0.2) is 0 Å². The molecular formula is C8H12O2. The van der Waals surface area contributed by atoms with E-state index in [1.54, 1.807) is 6.92 Å². The lowest BCUT2D eigenvalue weighted by Gasteiger charge is -2.07. The van der Waals surface area contributed by atoms with Gasteiger partial charge in [-0.25, -0.2) is 0 Å². The summed E-state index contributed by atoms with van der Waals surface area (Å²) in [6.45, 7) is 2.54. The maximum absolute atomic E-state index is 10.9. The lowest BCUT2D eigenvalue weighted by Crippen LogP contribution is -2.06. The van der Waals surface area contributed by atoms with Crippen molar-refractivity contribution in [2.24, 2.45) is 11.8 Å². The highest BCUT2D eigenvalue weighted by atomic mass is 16.5. The van der Waals surface area contributed by atoms with E-state index >= 15 is 0 Å². The monoisotopic (exact) mass is 140 g/mol. The fraction of sp³-hybridized carbons (Fsp3) is 0.875. The van der Waals surface area contributed by atoms with Gasteiger partial charge in [-0.15, -0.1) is 0 Å². The van der Waals surface area contributed by atoms with Crippen LogP contribution in [0.25, 0.3) is 0 Å². The number of hydrogen-bond acceptors (Lipinski definition) is 2. The zero-order valence-electron chi connectivity index (χ0n) is 6.17. The van der Waals surface area contributed by atoms with Gasteiger partial charge in [0, 0.05) is 12.5 Å². The molecule has 1 saturated heterocycles. The van der Waals surface area contributed by atoms with E-state index in [0.29, 0.717) is 17.8 Å². The van der Waals surface area contributed by atoms with Gasteiger partial charge >= 0.3 is 0 Å². The van der Waals surface area contributed by atoms with E-state index in [1.807, 2.05) is 0 Å². The average Bonchev–Trinajstić information content (AvgIpc) is 2.60. The van der Waals surface area contributed by atoms with Crippen LogP contribution in [0.3, 0.4) is 0 Å². The van der Waals surface area contributed by atoms with E-state index in [9.17, 15) is 4.79 Å². The van der Waals surface area contributed by atoms with Gasteiger partial charge < -0.3 is 4.74 Å². The number of ether oxygens (including phenoxy) is 1. The van der Waals surface area contributed by atoms with Crippen molar-refractivity contribution in [3.05, 3.63) is 0 Å². The van der Waals surface area contributed by atoms with Gasteiger partial charge in [0.25, 0.3) is 0 Å². The molecule has 0 aromatic rings. The van der Waals surface area contributed by atoms with E-state index in [1.165, 1.54) is 6.42 Å². The number of hydrogen-bond donors (Lipinski definition) is 0. The lowest BCUT2D eigenvalue weighted by molar-refractivity contribution is -0.119. The molecule has 0 spiro atoms. The van der Waals surface area contributed by atoms with Gasteiger partial charge in [0.05, 0.1) is 6.10 Å². The molecule has 0 amide bonds. The summed E-state index contributed by atoms with van der Waals surface area (Å²) in [5.74, 6) is 1.17. The summed E-state index contributed by atoms with van der Waals surface area (Å²) in [6.07, 6.45) is 2.66. The van der Waals surface area contributed by atoms with Crippen LogP contribution >= 0.6 is 0 Å². The minimum atomic E-state index is 0.266. The first-order chi connectivity index (χ1) is 4.80. The topological polar surface area (TPSA) is 26.3 Å². The molecule has 1 unspecified atom stereocenters. The first kappa shape index (κ1) is 6.35. The second kappa shape index (κ2) is 2.06. The third-order valence-electron chi connectivity index (χ3n) is 2.56. The van der Waals surface area contributed by atoms with E-state index < -0.39 is 0 Å². The third kappa shape index (κ3) is 0.788. The standard InChI is InChI=1S/C8H12O2/c1-5(9)7-6-3-2-4-10-8(6)7/h6-8H,2-4H2,1H3/t6-,7?,8-/m1/s1. The molecular weight excluding hydrogens is 128 g/mol. The Morgan fingerprint density at radius 2 is 2.40 bits per heavy atom. The second-order valence-electron chi connectivity index (χ2n) is 3.28.